The van der Waals surface area contributed by atoms with E-state index in [2.05, 4.69) is 10.6 Å². The van der Waals surface area contributed by atoms with E-state index in [1.165, 1.54) is 30.6 Å². The van der Waals surface area contributed by atoms with E-state index >= 15 is 0 Å². The van der Waals surface area contributed by atoms with Gasteiger partial charge < -0.3 is 10.2 Å². The van der Waals surface area contributed by atoms with Crippen molar-refractivity contribution in [3.8, 4) is 0 Å². The first kappa shape index (κ1) is 20.9. The molecule has 4 bridgehead atoms. The molecule has 0 aromatic carbocycles. The maximum absolute atomic E-state index is 12.7. The van der Waals surface area contributed by atoms with E-state index in [0.717, 1.165) is 41.9 Å². The number of carbonyl (C=O) groups is 3. The average Bonchev–Trinajstić information content (AvgIpc) is 3.26. The number of hydrogen-bond acceptors (Lipinski definition) is 5. The molecular weight excluding hydrogens is 412 g/mol. The number of urea groups is 1. The minimum Gasteiger partial charge on any atom is -0.335 e. The van der Waals surface area contributed by atoms with Crippen molar-refractivity contribution >= 4 is 29.2 Å². The molecule has 5 fully saturated rings. The van der Waals surface area contributed by atoms with Crippen LogP contribution in [0.4, 0.5) is 4.79 Å². The zero-order chi connectivity index (χ0) is 21.6. The molecule has 8 heteroatoms. The van der Waals surface area contributed by atoms with Crippen molar-refractivity contribution < 1.29 is 14.4 Å². The fraction of sp³-hybridized carbons (Fsp3) is 0.696. The van der Waals surface area contributed by atoms with E-state index < -0.39 is 6.04 Å². The van der Waals surface area contributed by atoms with E-state index in [-0.39, 0.29) is 23.4 Å². The number of amides is 4. The molecule has 1 aliphatic heterocycles. The van der Waals surface area contributed by atoms with Crippen LogP contribution in [0.25, 0.3) is 0 Å². The lowest BCUT2D eigenvalue weighted by Crippen LogP contribution is -2.63. The van der Waals surface area contributed by atoms with Crippen molar-refractivity contribution in [2.45, 2.75) is 57.0 Å². The first-order chi connectivity index (χ1) is 14.9. The highest BCUT2D eigenvalue weighted by atomic mass is 32.1. The average molecular weight is 445 g/mol. The number of carbonyl (C=O) groups excluding carboxylic acids is 3. The summed E-state index contributed by atoms with van der Waals surface area (Å²) >= 11 is 1.45. The molecule has 1 saturated heterocycles. The van der Waals surface area contributed by atoms with Gasteiger partial charge in [0, 0.05) is 31.7 Å². The second kappa shape index (κ2) is 8.20. The molecule has 31 heavy (non-hydrogen) atoms. The Hall–Kier alpha value is -1.93. The highest BCUT2D eigenvalue weighted by Crippen LogP contribution is 2.55. The molecule has 2 heterocycles. The van der Waals surface area contributed by atoms with E-state index in [9.17, 15) is 14.4 Å². The lowest BCUT2D eigenvalue weighted by molar-refractivity contribution is -0.125. The van der Waals surface area contributed by atoms with Crippen LogP contribution in [0.1, 0.15) is 55.1 Å². The summed E-state index contributed by atoms with van der Waals surface area (Å²) in [4.78, 5) is 42.6. The summed E-state index contributed by atoms with van der Waals surface area (Å²) in [5.74, 6) is 2.03. The number of hydrogen-bond donors (Lipinski definition) is 2. The maximum Gasteiger partial charge on any atom is 0.321 e. The molecular formula is C23H32N4O3S. The molecule has 1 unspecified atom stereocenters. The zero-order valence-electron chi connectivity index (χ0n) is 18.1. The number of piperazine rings is 1. The molecule has 6 rings (SSSR count). The Morgan fingerprint density at radius 2 is 1.65 bits per heavy atom. The fourth-order valence-corrected chi connectivity index (χ4v) is 7.48. The van der Waals surface area contributed by atoms with Crippen LogP contribution in [0.5, 0.6) is 0 Å². The second-order valence-corrected chi connectivity index (χ2v) is 11.1. The van der Waals surface area contributed by atoms with Gasteiger partial charge in [-0.2, -0.15) is 0 Å². The van der Waals surface area contributed by atoms with E-state index in [1.54, 1.807) is 0 Å². The Labute approximate surface area is 187 Å². The number of nitrogens with zero attached hydrogens (tertiary/aromatic N) is 2. The van der Waals surface area contributed by atoms with Crippen LogP contribution in [0, 0.1) is 17.8 Å². The first-order valence-electron chi connectivity index (χ1n) is 11.6. The third-order valence-electron chi connectivity index (χ3n) is 7.91. The summed E-state index contributed by atoms with van der Waals surface area (Å²) in [6, 6.07) is 2.98. The van der Waals surface area contributed by atoms with Crippen LogP contribution >= 0.6 is 11.3 Å². The lowest BCUT2D eigenvalue weighted by Gasteiger charge is -2.56. The summed E-state index contributed by atoms with van der Waals surface area (Å²) in [5, 5.41) is 7.72. The van der Waals surface area contributed by atoms with Gasteiger partial charge in [0.15, 0.2) is 0 Å². The standard InChI is InChI=1S/C23H32N4O3S/c1-15(26-4-6-27(7-5-26)21(29)19-3-2-8-31-19)20(28)24-22(30)25-23-12-16-9-17(13-23)11-18(10-16)14-23/h2-3,8,15-18H,4-7,9-14H2,1H3,(H2,24,25,28,30). The quantitative estimate of drug-likeness (QED) is 0.748. The third-order valence-corrected chi connectivity index (χ3v) is 8.77. The van der Waals surface area contributed by atoms with Gasteiger partial charge in [0.1, 0.15) is 0 Å². The van der Waals surface area contributed by atoms with Gasteiger partial charge >= 0.3 is 6.03 Å². The monoisotopic (exact) mass is 444 g/mol. The van der Waals surface area contributed by atoms with Crippen LogP contribution in [0.15, 0.2) is 17.5 Å². The van der Waals surface area contributed by atoms with Crippen molar-refractivity contribution in [1.82, 2.24) is 20.4 Å². The van der Waals surface area contributed by atoms with Gasteiger partial charge in [-0.15, -0.1) is 11.3 Å². The topological polar surface area (TPSA) is 81.8 Å². The highest BCUT2D eigenvalue weighted by molar-refractivity contribution is 7.12. The van der Waals surface area contributed by atoms with Crippen molar-refractivity contribution in [2.24, 2.45) is 17.8 Å². The third kappa shape index (κ3) is 4.24. The van der Waals surface area contributed by atoms with Crippen LogP contribution in [-0.2, 0) is 4.79 Å². The van der Waals surface area contributed by atoms with E-state index in [0.29, 0.717) is 26.2 Å². The predicted octanol–water partition coefficient (Wildman–Crippen LogP) is 2.69. The molecule has 0 radical (unpaired) electrons. The van der Waals surface area contributed by atoms with Gasteiger partial charge in [0.05, 0.1) is 10.9 Å². The van der Waals surface area contributed by atoms with Crippen molar-refractivity contribution in [3.63, 3.8) is 0 Å². The van der Waals surface area contributed by atoms with Gasteiger partial charge in [-0.1, -0.05) is 6.07 Å². The molecule has 5 aliphatic rings. The van der Waals surface area contributed by atoms with Crippen LogP contribution < -0.4 is 10.6 Å². The largest absolute Gasteiger partial charge is 0.335 e. The normalized spacial score (nSPS) is 33.2. The summed E-state index contributed by atoms with van der Waals surface area (Å²) in [6.45, 7) is 4.27. The minimum absolute atomic E-state index is 0.0571. The molecule has 168 valence electrons. The van der Waals surface area contributed by atoms with Crippen molar-refractivity contribution in [1.29, 1.82) is 0 Å². The molecule has 1 atom stereocenters. The van der Waals surface area contributed by atoms with Gasteiger partial charge in [-0.25, -0.2) is 4.79 Å². The maximum atomic E-state index is 12.7. The van der Waals surface area contributed by atoms with Gasteiger partial charge in [-0.3, -0.25) is 19.8 Å². The number of nitrogens with one attached hydrogen (secondary N) is 2. The lowest BCUT2D eigenvalue weighted by atomic mass is 9.53. The Kier molecular flexibility index (Phi) is 5.54. The SMILES string of the molecule is CC(C(=O)NC(=O)NC12CC3CC(CC(C3)C1)C2)N1CCN(C(=O)c2cccs2)CC1. The zero-order valence-corrected chi connectivity index (χ0v) is 19.0. The second-order valence-electron chi connectivity index (χ2n) is 10.1. The Morgan fingerprint density at radius 1 is 1.03 bits per heavy atom. The molecule has 4 saturated carbocycles. The summed E-state index contributed by atoms with van der Waals surface area (Å²) < 4.78 is 0. The summed E-state index contributed by atoms with van der Waals surface area (Å²) in [6.07, 6.45) is 7.15. The number of imide groups is 1. The minimum atomic E-state index is -0.402. The number of rotatable bonds is 4. The number of thiophene rings is 1. The Bertz CT molecular complexity index is 812. The van der Waals surface area contributed by atoms with Crippen LogP contribution in [0.3, 0.4) is 0 Å². The van der Waals surface area contributed by atoms with Gasteiger partial charge in [0.25, 0.3) is 5.91 Å². The molecule has 1 aromatic heterocycles. The molecule has 2 N–H and O–H groups in total. The molecule has 7 nitrogen and oxygen atoms in total. The van der Waals surface area contributed by atoms with Crippen molar-refractivity contribution in [2.75, 3.05) is 26.2 Å². The fourth-order valence-electron chi connectivity index (χ4n) is 6.79. The van der Waals surface area contributed by atoms with Gasteiger partial charge in [-0.05, 0) is 74.6 Å². The van der Waals surface area contributed by atoms with Crippen LogP contribution in [-0.4, -0.2) is 65.4 Å². The molecule has 4 amide bonds. The van der Waals surface area contributed by atoms with Crippen molar-refractivity contribution in [3.05, 3.63) is 22.4 Å². The molecule has 4 aliphatic carbocycles. The first-order valence-corrected chi connectivity index (χ1v) is 12.5. The Balaban J connectivity index is 1.11. The summed E-state index contributed by atoms with van der Waals surface area (Å²) in [5.41, 5.74) is -0.101. The predicted molar refractivity (Wildman–Crippen MR) is 119 cm³/mol. The highest BCUT2D eigenvalue weighted by Gasteiger charge is 2.51. The van der Waals surface area contributed by atoms with E-state index in [4.69, 9.17) is 0 Å². The Morgan fingerprint density at radius 3 is 2.19 bits per heavy atom. The smallest absolute Gasteiger partial charge is 0.321 e. The molecule has 1 aromatic rings. The van der Waals surface area contributed by atoms with Gasteiger partial charge in [0.2, 0.25) is 5.91 Å². The molecule has 0 spiro atoms. The van der Waals surface area contributed by atoms with Crippen LogP contribution in [0.2, 0.25) is 0 Å². The van der Waals surface area contributed by atoms with E-state index in [1.807, 2.05) is 34.2 Å². The summed E-state index contributed by atoms with van der Waals surface area (Å²) in [7, 11) is 0.